The van der Waals surface area contributed by atoms with Gasteiger partial charge in [0.25, 0.3) is 0 Å². The summed E-state index contributed by atoms with van der Waals surface area (Å²) in [6.07, 6.45) is 3.14. The van der Waals surface area contributed by atoms with Gasteiger partial charge in [-0.25, -0.2) is 4.39 Å². The van der Waals surface area contributed by atoms with Gasteiger partial charge in [0.05, 0.1) is 6.20 Å². The molecule has 5 heteroatoms. The van der Waals surface area contributed by atoms with Crippen molar-refractivity contribution in [1.82, 2.24) is 4.98 Å². The molecular weight excluding hydrogens is 299 g/mol. The van der Waals surface area contributed by atoms with E-state index in [0.29, 0.717) is 11.3 Å². The number of pyridine rings is 1. The monoisotopic (exact) mass is 310 g/mol. The first kappa shape index (κ1) is 13.0. The van der Waals surface area contributed by atoms with Gasteiger partial charge >= 0.3 is 0 Å². The number of ether oxygens (including phenoxy) is 1. The Labute approximate surface area is 113 Å². The third kappa shape index (κ3) is 2.86. The predicted octanol–water partition coefficient (Wildman–Crippen LogP) is 3.80. The molecule has 2 aromatic rings. The van der Waals surface area contributed by atoms with Gasteiger partial charge in [-0.15, -0.1) is 0 Å². The van der Waals surface area contributed by atoms with Crippen LogP contribution in [-0.4, -0.2) is 4.98 Å². The summed E-state index contributed by atoms with van der Waals surface area (Å²) in [6.45, 7) is 1.78. The number of benzene rings is 1. The Bertz CT molecular complexity index is 560. The topological polar surface area (TPSA) is 48.1 Å². The fourth-order valence-electron chi connectivity index (χ4n) is 1.56. The number of halogens is 2. The van der Waals surface area contributed by atoms with Crippen LogP contribution in [0.4, 0.5) is 4.39 Å². The minimum absolute atomic E-state index is 0.146. The quantitative estimate of drug-likeness (QED) is 0.938. The lowest BCUT2D eigenvalue weighted by molar-refractivity contribution is 0.431. The molecule has 0 saturated carbocycles. The van der Waals surface area contributed by atoms with Crippen LogP contribution in [-0.2, 0) is 0 Å². The molecule has 0 aliphatic carbocycles. The van der Waals surface area contributed by atoms with Crippen molar-refractivity contribution in [1.29, 1.82) is 0 Å². The number of nitrogens with zero attached hydrogens (tertiary/aromatic N) is 1. The minimum atomic E-state index is -0.440. The standard InChI is InChI=1S/C13H12BrFN2O/c1-8(16)11-3-2-4-12(15)13(11)18-10-5-9(14)6-17-7-10/h2-8H,16H2,1H3. The van der Waals surface area contributed by atoms with Crippen molar-refractivity contribution in [2.75, 3.05) is 0 Å². The Balaban J connectivity index is 2.39. The minimum Gasteiger partial charge on any atom is -0.452 e. The van der Waals surface area contributed by atoms with Crippen molar-refractivity contribution in [3.63, 3.8) is 0 Å². The van der Waals surface area contributed by atoms with Gasteiger partial charge in [0.2, 0.25) is 0 Å². The molecular formula is C13H12BrFN2O. The third-order valence-electron chi connectivity index (χ3n) is 2.39. The van der Waals surface area contributed by atoms with E-state index in [9.17, 15) is 4.39 Å². The maximum atomic E-state index is 13.8. The number of nitrogens with two attached hydrogens (primary N) is 1. The fourth-order valence-corrected chi connectivity index (χ4v) is 1.90. The molecule has 1 aromatic heterocycles. The van der Waals surface area contributed by atoms with E-state index < -0.39 is 5.82 Å². The second-order valence-electron chi connectivity index (χ2n) is 3.89. The summed E-state index contributed by atoms with van der Waals surface area (Å²) in [5, 5.41) is 0. The SMILES string of the molecule is CC(N)c1cccc(F)c1Oc1cncc(Br)c1. The molecule has 0 saturated heterocycles. The van der Waals surface area contributed by atoms with Crippen LogP contribution in [0.2, 0.25) is 0 Å². The van der Waals surface area contributed by atoms with Crippen LogP contribution in [0.5, 0.6) is 11.5 Å². The molecule has 0 radical (unpaired) electrons. The normalized spacial score (nSPS) is 12.2. The molecule has 2 N–H and O–H groups in total. The molecule has 1 aromatic carbocycles. The Morgan fingerprint density at radius 2 is 2.17 bits per heavy atom. The van der Waals surface area contributed by atoms with Crippen LogP contribution in [0.3, 0.4) is 0 Å². The van der Waals surface area contributed by atoms with E-state index in [1.54, 1.807) is 31.3 Å². The van der Waals surface area contributed by atoms with Crippen molar-refractivity contribution in [3.05, 3.63) is 52.5 Å². The molecule has 94 valence electrons. The van der Waals surface area contributed by atoms with Crippen molar-refractivity contribution in [2.45, 2.75) is 13.0 Å². The van der Waals surface area contributed by atoms with Crippen molar-refractivity contribution >= 4 is 15.9 Å². The maximum Gasteiger partial charge on any atom is 0.167 e. The Kier molecular flexibility index (Phi) is 3.93. The molecule has 2 rings (SSSR count). The molecule has 0 bridgehead atoms. The molecule has 1 unspecified atom stereocenters. The molecule has 0 fully saturated rings. The molecule has 0 spiro atoms. The van der Waals surface area contributed by atoms with Crippen LogP contribution in [0.15, 0.2) is 41.1 Å². The predicted molar refractivity (Wildman–Crippen MR) is 71.0 cm³/mol. The lowest BCUT2D eigenvalue weighted by Gasteiger charge is -2.14. The fraction of sp³-hybridized carbons (Fsp3) is 0.154. The first-order valence-electron chi connectivity index (χ1n) is 5.40. The summed E-state index contributed by atoms with van der Waals surface area (Å²) in [5.41, 5.74) is 6.42. The first-order valence-corrected chi connectivity index (χ1v) is 6.19. The zero-order valence-corrected chi connectivity index (χ0v) is 11.3. The number of hydrogen-bond acceptors (Lipinski definition) is 3. The average Bonchev–Trinajstić information content (AvgIpc) is 2.31. The van der Waals surface area contributed by atoms with E-state index in [2.05, 4.69) is 20.9 Å². The largest absolute Gasteiger partial charge is 0.452 e. The van der Waals surface area contributed by atoms with Gasteiger partial charge in [-0.3, -0.25) is 4.98 Å². The van der Waals surface area contributed by atoms with Gasteiger partial charge in [0.15, 0.2) is 11.6 Å². The summed E-state index contributed by atoms with van der Waals surface area (Å²) in [6, 6.07) is 6.10. The number of aromatic nitrogens is 1. The zero-order chi connectivity index (χ0) is 13.1. The van der Waals surface area contributed by atoms with E-state index in [0.717, 1.165) is 4.47 Å². The first-order chi connectivity index (χ1) is 8.58. The van der Waals surface area contributed by atoms with Crippen molar-refractivity contribution in [2.24, 2.45) is 5.73 Å². The third-order valence-corrected chi connectivity index (χ3v) is 2.82. The molecule has 1 atom stereocenters. The lowest BCUT2D eigenvalue weighted by Crippen LogP contribution is -2.07. The molecule has 3 nitrogen and oxygen atoms in total. The molecule has 0 aliphatic heterocycles. The highest BCUT2D eigenvalue weighted by molar-refractivity contribution is 9.10. The van der Waals surface area contributed by atoms with Crippen LogP contribution in [0.1, 0.15) is 18.5 Å². The molecule has 18 heavy (non-hydrogen) atoms. The van der Waals surface area contributed by atoms with Crippen molar-refractivity contribution < 1.29 is 9.13 Å². The summed E-state index contributed by atoms with van der Waals surface area (Å²) < 4.78 is 20.1. The highest BCUT2D eigenvalue weighted by Crippen LogP contribution is 2.31. The summed E-state index contributed by atoms with van der Waals surface area (Å²) >= 11 is 3.28. The van der Waals surface area contributed by atoms with Gasteiger partial charge in [-0.1, -0.05) is 12.1 Å². The van der Waals surface area contributed by atoms with E-state index in [1.807, 2.05) is 0 Å². The number of para-hydroxylation sites is 1. The van der Waals surface area contributed by atoms with Gasteiger partial charge in [-0.05, 0) is 35.0 Å². The van der Waals surface area contributed by atoms with E-state index in [-0.39, 0.29) is 11.8 Å². The lowest BCUT2D eigenvalue weighted by atomic mass is 10.1. The van der Waals surface area contributed by atoms with Gasteiger partial charge in [-0.2, -0.15) is 0 Å². The summed E-state index contributed by atoms with van der Waals surface area (Å²) in [4.78, 5) is 3.96. The van der Waals surface area contributed by atoms with E-state index in [1.165, 1.54) is 12.3 Å². The van der Waals surface area contributed by atoms with Crippen LogP contribution >= 0.6 is 15.9 Å². The Morgan fingerprint density at radius 3 is 2.83 bits per heavy atom. The van der Waals surface area contributed by atoms with Crippen molar-refractivity contribution in [3.8, 4) is 11.5 Å². The van der Waals surface area contributed by atoms with Gasteiger partial charge in [0.1, 0.15) is 5.75 Å². The van der Waals surface area contributed by atoms with Crippen LogP contribution < -0.4 is 10.5 Å². The Hall–Kier alpha value is -1.46. The van der Waals surface area contributed by atoms with E-state index in [4.69, 9.17) is 10.5 Å². The smallest absolute Gasteiger partial charge is 0.167 e. The Morgan fingerprint density at radius 1 is 1.39 bits per heavy atom. The molecule has 0 amide bonds. The van der Waals surface area contributed by atoms with Crippen LogP contribution in [0.25, 0.3) is 0 Å². The maximum absolute atomic E-state index is 13.8. The summed E-state index contributed by atoms with van der Waals surface area (Å²) in [5.74, 6) is 0.161. The van der Waals surface area contributed by atoms with Gasteiger partial charge < -0.3 is 10.5 Å². The van der Waals surface area contributed by atoms with E-state index >= 15 is 0 Å². The zero-order valence-electron chi connectivity index (χ0n) is 9.73. The molecule has 0 aliphatic rings. The second kappa shape index (κ2) is 5.46. The second-order valence-corrected chi connectivity index (χ2v) is 4.80. The number of rotatable bonds is 3. The number of hydrogen-bond donors (Lipinski definition) is 1. The van der Waals surface area contributed by atoms with Gasteiger partial charge in [0, 0.05) is 22.3 Å². The average molecular weight is 311 g/mol. The molecule has 1 heterocycles. The summed E-state index contributed by atoms with van der Waals surface area (Å²) in [7, 11) is 0. The van der Waals surface area contributed by atoms with Crippen LogP contribution in [0, 0.1) is 5.82 Å². The highest BCUT2D eigenvalue weighted by Gasteiger charge is 2.14. The highest BCUT2D eigenvalue weighted by atomic mass is 79.9.